The van der Waals surface area contributed by atoms with E-state index in [0.717, 1.165) is 55.3 Å². The van der Waals surface area contributed by atoms with E-state index in [9.17, 15) is 0 Å². The maximum absolute atomic E-state index is 7.74. The third-order valence-electron chi connectivity index (χ3n) is 5.53. The Morgan fingerprint density at radius 3 is 2.66 bits per heavy atom. The molecule has 1 saturated heterocycles. The molecule has 11 heteroatoms. The minimum absolute atomic E-state index is 0. The van der Waals surface area contributed by atoms with Crippen molar-refractivity contribution in [3.05, 3.63) is 72.8 Å². The Kier molecular flexibility index (Phi) is 8.13. The lowest BCUT2D eigenvalue weighted by molar-refractivity contribution is 0.122. The molecule has 3 aromatic heterocycles. The molecule has 182 valence electrons. The molecule has 1 aromatic carbocycles. The Balaban J connectivity index is 0.00000289. The quantitative estimate of drug-likeness (QED) is 0.158. The SMILES string of the molecule is CN(Nc1cc(-c2ccc(N3CCOCC3)cc2)cnc1C=N)SOc1cnc2ccccn12.S. The van der Waals surface area contributed by atoms with E-state index in [4.69, 9.17) is 14.3 Å². The molecule has 2 N–H and O–H groups in total. The molecule has 1 aliphatic heterocycles. The second-order valence-corrected chi connectivity index (χ2v) is 8.60. The first-order valence-electron chi connectivity index (χ1n) is 10.9. The summed E-state index contributed by atoms with van der Waals surface area (Å²) in [6.45, 7) is 3.34. The lowest BCUT2D eigenvalue weighted by Gasteiger charge is -2.29. The Labute approximate surface area is 215 Å². The second kappa shape index (κ2) is 11.5. The van der Waals surface area contributed by atoms with Gasteiger partial charge in [-0.3, -0.25) is 9.38 Å². The second-order valence-electron chi connectivity index (χ2n) is 7.74. The van der Waals surface area contributed by atoms with Gasteiger partial charge in [0.1, 0.15) is 11.3 Å². The molecular formula is C24H27N7O2S2. The number of imidazole rings is 1. The lowest BCUT2D eigenvalue weighted by atomic mass is 10.1. The Morgan fingerprint density at radius 2 is 1.89 bits per heavy atom. The molecule has 4 heterocycles. The van der Waals surface area contributed by atoms with Gasteiger partial charge in [0.2, 0.25) is 5.88 Å². The molecular weight excluding hydrogens is 482 g/mol. The van der Waals surface area contributed by atoms with Gasteiger partial charge in [0.05, 0.1) is 25.1 Å². The number of fused-ring (bicyclic) bond motifs is 1. The van der Waals surface area contributed by atoms with Crippen LogP contribution in [0.15, 0.2) is 67.1 Å². The van der Waals surface area contributed by atoms with Crippen LogP contribution in [0, 0.1) is 5.41 Å². The Hall–Kier alpha value is -3.25. The Morgan fingerprint density at radius 1 is 1.09 bits per heavy atom. The van der Waals surface area contributed by atoms with Gasteiger partial charge < -0.3 is 24.7 Å². The fourth-order valence-corrected chi connectivity index (χ4v) is 4.22. The van der Waals surface area contributed by atoms with E-state index in [2.05, 4.69) is 44.6 Å². The number of hydrazine groups is 1. The number of morpholine rings is 1. The van der Waals surface area contributed by atoms with E-state index in [0.29, 0.717) is 17.3 Å². The summed E-state index contributed by atoms with van der Waals surface area (Å²) < 4.78 is 14.9. The highest BCUT2D eigenvalue weighted by Gasteiger charge is 2.13. The number of anilines is 2. The minimum Gasteiger partial charge on any atom is -0.387 e. The summed E-state index contributed by atoms with van der Waals surface area (Å²) in [6, 6.07) is 16.2. The van der Waals surface area contributed by atoms with Gasteiger partial charge in [-0.2, -0.15) is 13.5 Å². The Bertz CT molecular complexity index is 1280. The topological polar surface area (TPSA) is 91.0 Å². The molecule has 1 fully saturated rings. The summed E-state index contributed by atoms with van der Waals surface area (Å²) in [5, 5.41) is 7.74. The zero-order valence-corrected chi connectivity index (χ0v) is 21.0. The normalized spacial score (nSPS) is 13.5. The number of ether oxygens (including phenoxy) is 1. The van der Waals surface area contributed by atoms with Gasteiger partial charge in [-0.05, 0) is 35.9 Å². The zero-order chi connectivity index (χ0) is 23.3. The number of rotatable bonds is 8. The van der Waals surface area contributed by atoms with Gasteiger partial charge in [-0.15, -0.1) is 4.41 Å². The van der Waals surface area contributed by atoms with Crippen molar-refractivity contribution in [3.63, 3.8) is 0 Å². The van der Waals surface area contributed by atoms with E-state index in [-0.39, 0.29) is 13.5 Å². The molecule has 4 aromatic rings. The van der Waals surface area contributed by atoms with Crippen molar-refractivity contribution in [2.45, 2.75) is 0 Å². The van der Waals surface area contributed by atoms with Gasteiger partial charge in [-0.25, -0.2) is 4.98 Å². The number of nitrogens with zero attached hydrogens (tertiary/aromatic N) is 5. The molecule has 0 unspecified atom stereocenters. The van der Waals surface area contributed by atoms with Crippen LogP contribution in [0.25, 0.3) is 16.8 Å². The minimum atomic E-state index is 0. The fourth-order valence-electron chi connectivity index (χ4n) is 3.78. The highest BCUT2D eigenvalue weighted by molar-refractivity contribution is 7.92. The predicted molar refractivity (Wildman–Crippen MR) is 146 cm³/mol. The summed E-state index contributed by atoms with van der Waals surface area (Å²) in [5.74, 6) is 0.619. The van der Waals surface area contributed by atoms with Crippen molar-refractivity contribution in [2.24, 2.45) is 0 Å². The van der Waals surface area contributed by atoms with Crippen LogP contribution >= 0.6 is 25.7 Å². The summed E-state index contributed by atoms with van der Waals surface area (Å²) in [7, 11) is 1.84. The molecule has 0 aliphatic carbocycles. The van der Waals surface area contributed by atoms with Gasteiger partial charge in [-0.1, -0.05) is 18.2 Å². The maximum Gasteiger partial charge on any atom is 0.234 e. The summed E-state index contributed by atoms with van der Waals surface area (Å²) >= 11 is 1.13. The van der Waals surface area contributed by atoms with Gasteiger partial charge in [0.15, 0.2) is 12.2 Å². The molecule has 9 nitrogen and oxygen atoms in total. The molecule has 1 aliphatic rings. The van der Waals surface area contributed by atoms with Crippen LogP contribution < -0.4 is 14.5 Å². The van der Waals surface area contributed by atoms with Crippen LogP contribution in [0.4, 0.5) is 11.4 Å². The van der Waals surface area contributed by atoms with E-state index >= 15 is 0 Å². The molecule has 0 atom stereocenters. The first kappa shape index (κ1) is 24.9. The third-order valence-corrected chi connectivity index (χ3v) is 6.09. The molecule has 0 spiro atoms. The maximum atomic E-state index is 7.74. The van der Waals surface area contributed by atoms with Crippen LogP contribution in [-0.2, 0) is 4.74 Å². The standard InChI is InChI=1S/C24H25N7O2S.H2S/c1-29(34-33-24-17-27-23-4-2-3-9-31(23)24)28-21-14-19(16-26-22(21)15-25)18-5-7-20(8-6-18)30-10-12-32-13-11-30;/h2-9,14-17,25,28H,10-13H2,1H3;1H2. The number of aromatic nitrogens is 3. The van der Waals surface area contributed by atoms with Crippen molar-refractivity contribution in [1.29, 1.82) is 5.41 Å². The number of benzene rings is 1. The van der Waals surface area contributed by atoms with Crippen molar-refractivity contribution >= 4 is 49.0 Å². The van der Waals surface area contributed by atoms with E-state index in [1.54, 1.807) is 16.8 Å². The first-order valence-corrected chi connectivity index (χ1v) is 11.6. The number of pyridine rings is 2. The molecule has 0 amide bonds. The van der Waals surface area contributed by atoms with Crippen LogP contribution in [0.3, 0.4) is 0 Å². The highest BCUT2D eigenvalue weighted by Crippen LogP contribution is 2.28. The smallest absolute Gasteiger partial charge is 0.234 e. The summed E-state index contributed by atoms with van der Waals surface area (Å²) in [5.41, 5.74) is 8.52. The van der Waals surface area contributed by atoms with Gasteiger partial charge >= 0.3 is 0 Å². The average Bonchev–Trinajstić information content (AvgIpc) is 3.31. The third kappa shape index (κ3) is 5.70. The van der Waals surface area contributed by atoms with Gasteiger partial charge in [0, 0.05) is 50.0 Å². The molecule has 0 saturated carbocycles. The van der Waals surface area contributed by atoms with Gasteiger partial charge in [0.25, 0.3) is 0 Å². The lowest BCUT2D eigenvalue weighted by Crippen LogP contribution is -2.36. The molecule has 35 heavy (non-hydrogen) atoms. The van der Waals surface area contributed by atoms with Crippen molar-refractivity contribution in [2.75, 3.05) is 43.7 Å². The average molecular weight is 510 g/mol. The largest absolute Gasteiger partial charge is 0.387 e. The van der Waals surface area contributed by atoms with Crippen molar-refractivity contribution in [1.82, 2.24) is 18.8 Å². The monoisotopic (exact) mass is 509 g/mol. The van der Waals surface area contributed by atoms with E-state index in [1.165, 1.54) is 11.9 Å². The molecule has 5 rings (SSSR count). The van der Waals surface area contributed by atoms with Crippen molar-refractivity contribution < 1.29 is 8.92 Å². The van der Waals surface area contributed by atoms with Crippen LogP contribution in [0.2, 0.25) is 0 Å². The molecule has 0 bridgehead atoms. The molecule has 0 radical (unpaired) electrons. The summed E-state index contributed by atoms with van der Waals surface area (Å²) in [6.07, 6.45) is 6.60. The number of hydrogen-bond donors (Lipinski definition) is 2. The fraction of sp³-hybridized carbons (Fsp3) is 0.208. The first-order chi connectivity index (χ1) is 16.7. The van der Waals surface area contributed by atoms with Crippen LogP contribution in [-0.4, -0.2) is 58.3 Å². The predicted octanol–water partition coefficient (Wildman–Crippen LogP) is 4.24. The van der Waals surface area contributed by atoms with E-state index < -0.39 is 0 Å². The van der Waals surface area contributed by atoms with Crippen LogP contribution in [0.1, 0.15) is 5.69 Å². The summed E-state index contributed by atoms with van der Waals surface area (Å²) in [4.78, 5) is 11.1. The number of hydrogen-bond acceptors (Lipinski definition) is 9. The zero-order valence-electron chi connectivity index (χ0n) is 19.2. The van der Waals surface area contributed by atoms with Crippen LogP contribution in [0.5, 0.6) is 5.88 Å². The van der Waals surface area contributed by atoms with Crippen molar-refractivity contribution in [3.8, 4) is 17.0 Å². The highest BCUT2D eigenvalue weighted by atomic mass is 32.2. The number of nitrogens with one attached hydrogen (secondary N) is 2. The van der Waals surface area contributed by atoms with E-state index in [1.807, 2.05) is 41.9 Å².